The van der Waals surface area contributed by atoms with Gasteiger partial charge in [-0.1, -0.05) is 12.1 Å². The maximum Gasteiger partial charge on any atom is 0.261 e. The standard InChI is InChI=1S/C17H22N4O3/c1-19-12-13(16(18-19)24-3)17(22)21-10-8-20(9-11-21)14-6-4-5-7-15(14)23-2/h4-7,12H,8-11H2,1-3H3. The molecule has 2 heterocycles. The van der Waals surface area contributed by atoms with E-state index in [-0.39, 0.29) is 5.91 Å². The zero-order valence-corrected chi connectivity index (χ0v) is 14.2. The topological polar surface area (TPSA) is 59.8 Å². The summed E-state index contributed by atoms with van der Waals surface area (Å²) in [6, 6.07) is 7.94. The molecule has 2 aromatic rings. The predicted octanol–water partition coefficient (Wildman–Crippen LogP) is 1.40. The van der Waals surface area contributed by atoms with Crippen molar-refractivity contribution in [2.45, 2.75) is 0 Å². The number of carbonyl (C=O) groups is 1. The van der Waals surface area contributed by atoms with Crippen LogP contribution in [0.1, 0.15) is 10.4 Å². The number of hydrogen-bond acceptors (Lipinski definition) is 5. The Balaban J connectivity index is 1.69. The van der Waals surface area contributed by atoms with Gasteiger partial charge in [0.2, 0.25) is 5.88 Å². The summed E-state index contributed by atoms with van der Waals surface area (Å²) in [5.41, 5.74) is 1.57. The molecule has 0 spiro atoms. The number of benzene rings is 1. The molecule has 0 N–H and O–H groups in total. The number of para-hydroxylation sites is 2. The number of ether oxygens (including phenoxy) is 2. The molecule has 7 heteroatoms. The minimum absolute atomic E-state index is 0.0420. The van der Waals surface area contributed by atoms with Crippen molar-refractivity contribution in [2.75, 3.05) is 45.3 Å². The molecule has 1 fully saturated rings. The molecule has 1 aromatic heterocycles. The van der Waals surface area contributed by atoms with Crippen LogP contribution in [-0.2, 0) is 7.05 Å². The summed E-state index contributed by atoms with van der Waals surface area (Å²) in [4.78, 5) is 16.8. The Morgan fingerprint density at radius 2 is 1.79 bits per heavy atom. The van der Waals surface area contributed by atoms with E-state index in [1.165, 1.54) is 7.11 Å². The summed E-state index contributed by atoms with van der Waals surface area (Å²) in [5, 5.41) is 4.15. The lowest BCUT2D eigenvalue weighted by atomic mass is 10.2. The van der Waals surface area contributed by atoms with E-state index < -0.39 is 0 Å². The molecule has 0 atom stereocenters. The monoisotopic (exact) mass is 330 g/mol. The molecule has 1 saturated heterocycles. The van der Waals surface area contributed by atoms with Crippen LogP contribution in [0.25, 0.3) is 0 Å². The van der Waals surface area contributed by atoms with Crippen LogP contribution < -0.4 is 14.4 Å². The fraction of sp³-hybridized carbons (Fsp3) is 0.412. The summed E-state index contributed by atoms with van der Waals surface area (Å²) in [6.45, 7) is 2.81. The molecule has 0 radical (unpaired) electrons. The third-order valence-electron chi connectivity index (χ3n) is 4.21. The summed E-state index contributed by atoms with van der Waals surface area (Å²) in [5.74, 6) is 1.18. The number of carbonyl (C=O) groups excluding carboxylic acids is 1. The number of piperazine rings is 1. The van der Waals surface area contributed by atoms with Gasteiger partial charge in [-0.25, -0.2) is 0 Å². The number of anilines is 1. The fourth-order valence-electron chi connectivity index (χ4n) is 2.98. The van der Waals surface area contributed by atoms with E-state index in [0.717, 1.165) is 24.5 Å². The van der Waals surface area contributed by atoms with Gasteiger partial charge in [0.1, 0.15) is 11.3 Å². The van der Waals surface area contributed by atoms with Gasteiger partial charge in [-0.3, -0.25) is 9.48 Å². The number of aromatic nitrogens is 2. The summed E-state index contributed by atoms with van der Waals surface area (Å²) < 4.78 is 12.2. The Kier molecular flexibility index (Phi) is 4.59. The number of methoxy groups -OCH3 is 2. The lowest BCUT2D eigenvalue weighted by Gasteiger charge is -2.36. The molecule has 1 aliphatic heterocycles. The molecular weight excluding hydrogens is 308 g/mol. The minimum atomic E-state index is -0.0420. The molecule has 1 amide bonds. The second-order valence-corrected chi connectivity index (χ2v) is 5.68. The quantitative estimate of drug-likeness (QED) is 0.848. The van der Waals surface area contributed by atoms with Crippen LogP contribution >= 0.6 is 0 Å². The van der Waals surface area contributed by atoms with Gasteiger partial charge in [0.15, 0.2) is 0 Å². The number of aryl methyl sites for hydroxylation is 1. The van der Waals surface area contributed by atoms with Crippen LogP contribution in [-0.4, -0.2) is 61.0 Å². The largest absolute Gasteiger partial charge is 0.495 e. The average molecular weight is 330 g/mol. The van der Waals surface area contributed by atoms with Gasteiger partial charge in [-0.15, -0.1) is 5.10 Å². The van der Waals surface area contributed by atoms with Crippen LogP contribution in [0, 0.1) is 0 Å². The Morgan fingerprint density at radius 1 is 1.08 bits per heavy atom. The van der Waals surface area contributed by atoms with Gasteiger partial charge >= 0.3 is 0 Å². The molecule has 1 aliphatic rings. The SMILES string of the molecule is COc1ccccc1N1CCN(C(=O)c2cn(C)nc2OC)CC1. The Bertz CT molecular complexity index is 720. The van der Waals surface area contributed by atoms with Crippen molar-refractivity contribution >= 4 is 11.6 Å². The fourth-order valence-corrected chi connectivity index (χ4v) is 2.98. The molecule has 7 nitrogen and oxygen atoms in total. The highest BCUT2D eigenvalue weighted by molar-refractivity contribution is 5.96. The van der Waals surface area contributed by atoms with Crippen LogP contribution in [0.2, 0.25) is 0 Å². The smallest absolute Gasteiger partial charge is 0.261 e. The second-order valence-electron chi connectivity index (χ2n) is 5.68. The van der Waals surface area contributed by atoms with Gasteiger partial charge in [0.05, 0.1) is 19.9 Å². The first kappa shape index (κ1) is 16.2. The third kappa shape index (κ3) is 3.02. The van der Waals surface area contributed by atoms with Crippen molar-refractivity contribution in [3.05, 3.63) is 36.0 Å². The molecule has 24 heavy (non-hydrogen) atoms. The first-order valence-electron chi connectivity index (χ1n) is 7.89. The Morgan fingerprint density at radius 3 is 2.46 bits per heavy atom. The zero-order chi connectivity index (χ0) is 17.1. The third-order valence-corrected chi connectivity index (χ3v) is 4.21. The van der Waals surface area contributed by atoms with E-state index >= 15 is 0 Å². The second kappa shape index (κ2) is 6.82. The maximum atomic E-state index is 12.7. The first-order chi connectivity index (χ1) is 11.6. The van der Waals surface area contributed by atoms with Crippen molar-refractivity contribution in [2.24, 2.45) is 7.05 Å². The van der Waals surface area contributed by atoms with Crippen LogP contribution in [0.3, 0.4) is 0 Å². The molecular formula is C17H22N4O3. The van der Waals surface area contributed by atoms with Crippen molar-refractivity contribution in [1.29, 1.82) is 0 Å². The number of hydrogen-bond donors (Lipinski definition) is 0. The summed E-state index contributed by atoms with van der Waals surface area (Å²) >= 11 is 0. The minimum Gasteiger partial charge on any atom is -0.495 e. The Labute approximate surface area is 141 Å². The van der Waals surface area contributed by atoms with Gasteiger partial charge in [0, 0.05) is 39.4 Å². The molecule has 0 unspecified atom stereocenters. The van der Waals surface area contributed by atoms with E-state index in [2.05, 4.69) is 10.00 Å². The van der Waals surface area contributed by atoms with Gasteiger partial charge in [-0.2, -0.15) is 0 Å². The highest BCUT2D eigenvalue weighted by Crippen LogP contribution is 2.28. The van der Waals surface area contributed by atoms with Crippen molar-refractivity contribution in [3.8, 4) is 11.6 Å². The zero-order valence-electron chi connectivity index (χ0n) is 14.2. The number of nitrogens with zero attached hydrogens (tertiary/aromatic N) is 4. The molecule has 0 aliphatic carbocycles. The van der Waals surface area contributed by atoms with Crippen LogP contribution in [0.15, 0.2) is 30.5 Å². The van der Waals surface area contributed by atoms with Gasteiger partial charge in [-0.05, 0) is 12.1 Å². The normalized spacial score (nSPS) is 14.6. The van der Waals surface area contributed by atoms with E-state index in [1.807, 2.05) is 29.2 Å². The highest BCUT2D eigenvalue weighted by atomic mass is 16.5. The number of rotatable bonds is 4. The molecule has 3 rings (SSSR count). The highest BCUT2D eigenvalue weighted by Gasteiger charge is 2.26. The van der Waals surface area contributed by atoms with Crippen molar-refractivity contribution in [3.63, 3.8) is 0 Å². The van der Waals surface area contributed by atoms with E-state index in [9.17, 15) is 4.79 Å². The van der Waals surface area contributed by atoms with Crippen LogP contribution in [0.5, 0.6) is 11.6 Å². The van der Waals surface area contributed by atoms with E-state index in [1.54, 1.807) is 25.0 Å². The number of amides is 1. The van der Waals surface area contributed by atoms with Crippen molar-refractivity contribution in [1.82, 2.24) is 14.7 Å². The summed E-state index contributed by atoms with van der Waals surface area (Å²) in [7, 11) is 4.98. The van der Waals surface area contributed by atoms with E-state index in [4.69, 9.17) is 9.47 Å². The average Bonchev–Trinajstić information content (AvgIpc) is 3.02. The lowest BCUT2D eigenvalue weighted by molar-refractivity contribution is 0.0743. The molecule has 1 aromatic carbocycles. The Hall–Kier alpha value is -2.70. The molecule has 0 saturated carbocycles. The molecule has 0 bridgehead atoms. The lowest BCUT2D eigenvalue weighted by Crippen LogP contribution is -2.48. The predicted molar refractivity (Wildman–Crippen MR) is 90.9 cm³/mol. The summed E-state index contributed by atoms with van der Waals surface area (Å²) in [6.07, 6.45) is 1.70. The maximum absolute atomic E-state index is 12.7. The van der Waals surface area contributed by atoms with Crippen LogP contribution in [0.4, 0.5) is 5.69 Å². The van der Waals surface area contributed by atoms with E-state index in [0.29, 0.717) is 24.5 Å². The van der Waals surface area contributed by atoms with Gasteiger partial charge < -0.3 is 19.3 Å². The molecule has 128 valence electrons. The first-order valence-corrected chi connectivity index (χ1v) is 7.89. The van der Waals surface area contributed by atoms with Crippen molar-refractivity contribution < 1.29 is 14.3 Å². The van der Waals surface area contributed by atoms with Gasteiger partial charge in [0.25, 0.3) is 5.91 Å².